The highest BCUT2D eigenvalue weighted by atomic mass is 32.2. The number of para-hydroxylation sites is 1. The van der Waals surface area contributed by atoms with E-state index in [1.807, 2.05) is 30.0 Å². The van der Waals surface area contributed by atoms with E-state index in [9.17, 15) is 0 Å². The molecule has 1 fully saturated rings. The third-order valence-electron chi connectivity index (χ3n) is 2.64. The first-order chi connectivity index (χ1) is 7.36. The van der Waals surface area contributed by atoms with Crippen LogP contribution in [0.5, 0.6) is 0 Å². The Hall–Kier alpha value is -0.670. The first-order valence-electron chi connectivity index (χ1n) is 5.45. The molecule has 1 unspecified atom stereocenters. The van der Waals surface area contributed by atoms with Gasteiger partial charge in [-0.1, -0.05) is 12.1 Å². The summed E-state index contributed by atoms with van der Waals surface area (Å²) in [6, 6.07) is 8.04. The highest BCUT2D eigenvalue weighted by Crippen LogP contribution is 2.26. The summed E-state index contributed by atoms with van der Waals surface area (Å²) in [6.07, 6.45) is 4.08. The number of hydrogen-bond donors (Lipinski definition) is 1. The van der Waals surface area contributed by atoms with E-state index in [0.717, 1.165) is 24.5 Å². The normalized spacial score (nSPS) is 20.7. The zero-order valence-electron chi connectivity index (χ0n) is 8.82. The van der Waals surface area contributed by atoms with Gasteiger partial charge in [-0.05, 0) is 31.4 Å². The third kappa shape index (κ3) is 3.14. The molecule has 1 saturated heterocycles. The Balaban J connectivity index is 1.75. The minimum absolute atomic E-state index is 0.488. The van der Waals surface area contributed by atoms with Gasteiger partial charge < -0.3 is 10.5 Å². The van der Waals surface area contributed by atoms with Crippen molar-refractivity contribution in [3.63, 3.8) is 0 Å². The molecule has 15 heavy (non-hydrogen) atoms. The maximum atomic E-state index is 5.86. The van der Waals surface area contributed by atoms with Crippen LogP contribution in [0.2, 0.25) is 0 Å². The molecule has 2 N–H and O–H groups in total. The van der Waals surface area contributed by atoms with Gasteiger partial charge in [0.2, 0.25) is 0 Å². The second-order valence-electron chi connectivity index (χ2n) is 3.81. The number of ether oxygens (including phenoxy) is 1. The average molecular weight is 223 g/mol. The molecule has 0 bridgehead atoms. The van der Waals surface area contributed by atoms with Crippen molar-refractivity contribution in [1.29, 1.82) is 0 Å². The maximum Gasteiger partial charge on any atom is 0.0584 e. The minimum Gasteiger partial charge on any atom is -0.398 e. The van der Waals surface area contributed by atoms with Crippen molar-refractivity contribution in [2.45, 2.75) is 30.3 Å². The summed E-state index contributed by atoms with van der Waals surface area (Å²) < 4.78 is 5.58. The Bertz CT molecular complexity index is 310. The number of hydrogen-bond acceptors (Lipinski definition) is 3. The third-order valence-corrected chi connectivity index (χ3v) is 3.76. The fourth-order valence-electron chi connectivity index (χ4n) is 1.78. The van der Waals surface area contributed by atoms with Crippen LogP contribution >= 0.6 is 11.8 Å². The lowest BCUT2D eigenvalue weighted by Crippen LogP contribution is -2.05. The van der Waals surface area contributed by atoms with Gasteiger partial charge in [0.15, 0.2) is 0 Å². The van der Waals surface area contributed by atoms with Gasteiger partial charge in [-0.3, -0.25) is 0 Å². The molecule has 1 heterocycles. The number of anilines is 1. The minimum atomic E-state index is 0.488. The molecular formula is C12H17NOS. The Morgan fingerprint density at radius 3 is 3.00 bits per heavy atom. The first kappa shape index (κ1) is 10.8. The second-order valence-corrected chi connectivity index (χ2v) is 4.95. The summed E-state index contributed by atoms with van der Waals surface area (Å²) in [5.74, 6) is 1.10. The van der Waals surface area contributed by atoms with E-state index >= 15 is 0 Å². The lowest BCUT2D eigenvalue weighted by atomic mass is 10.2. The molecule has 1 atom stereocenters. The van der Waals surface area contributed by atoms with Crippen LogP contribution in [0.15, 0.2) is 29.2 Å². The van der Waals surface area contributed by atoms with E-state index in [4.69, 9.17) is 10.5 Å². The molecule has 1 aliphatic heterocycles. The number of benzene rings is 1. The number of nitrogen functional groups attached to an aromatic ring is 1. The summed E-state index contributed by atoms with van der Waals surface area (Å²) in [4.78, 5) is 1.19. The van der Waals surface area contributed by atoms with Crippen molar-refractivity contribution >= 4 is 17.4 Å². The molecule has 1 aliphatic rings. The topological polar surface area (TPSA) is 35.2 Å². The summed E-state index contributed by atoms with van der Waals surface area (Å²) in [6.45, 7) is 0.947. The van der Waals surface area contributed by atoms with Gasteiger partial charge in [-0.2, -0.15) is 0 Å². The van der Waals surface area contributed by atoms with Crippen molar-refractivity contribution in [2.75, 3.05) is 18.1 Å². The quantitative estimate of drug-likeness (QED) is 0.629. The first-order valence-corrected chi connectivity index (χ1v) is 6.44. The molecule has 2 rings (SSSR count). The SMILES string of the molecule is Nc1ccccc1SCCC1CCCO1. The lowest BCUT2D eigenvalue weighted by Gasteiger charge is -2.09. The molecular weight excluding hydrogens is 206 g/mol. The highest BCUT2D eigenvalue weighted by molar-refractivity contribution is 7.99. The highest BCUT2D eigenvalue weighted by Gasteiger charge is 2.14. The van der Waals surface area contributed by atoms with Crippen LogP contribution in [-0.2, 0) is 4.74 Å². The van der Waals surface area contributed by atoms with Crippen LogP contribution in [-0.4, -0.2) is 18.5 Å². The molecule has 0 saturated carbocycles. The van der Waals surface area contributed by atoms with Gasteiger partial charge >= 0.3 is 0 Å². The molecule has 0 radical (unpaired) electrons. The van der Waals surface area contributed by atoms with Gasteiger partial charge in [-0.15, -0.1) is 11.8 Å². The van der Waals surface area contributed by atoms with Crippen LogP contribution in [0, 0.1) is 0 Å². The molecule has 2 nitrogen and oxygen atoms in total. The van der Waals surface area contributed by atoms with E-state index in [0.29, 0.717) is 6.10 Å². The molecule has 3 heteroatoms. The lowest BCUT2D eigenvalue weighted by molar-refractivity contribution is 0.109. The van der Waals surface area contributed by atoms with Crippen LogP contribution in [0.1, 0.15) is 19.3 Å². The van der Waals surface area contributed by atoms with Crippen LogP contribution < -0.4 is 5.73 Å². The maximum absolute atomic E-state index is 5.86. The summed E-state index contributed by atoms with van der Waals surface area (Å²) in [7, 11) is 0. The fourth-order valence-corrected chi connectivity index (χ4v) is 2.79. The summed E-state index contributed by atoms with van der Waals surface area (Å²) in [5.41, 5.74) is 6.75. The molecule has 0 aliphatic carbocycles. The molecule has 0 amide bonds. The summed E-state index contributed by atoms with van der Waals surface area (Å²) >= 11 is 1.83. The fraction of sp³-hybridized carbons (Fsp3) is 0.500. The zero-order valence-corrected chi connectivity index (χ0v) is 9.63. The smallest absolute Gasteiger partial charge is 0.0584 e. The molecule has 1 aromatic rings. The van der Waals surface area contributed by atoms with Gasteiger partial charge in [0.25, 0.3) is 0 Å². The summed E-state index contributed by atoms with van der Waals surface area (Å²) in [5, 5.41) is 0. The van der Waals surface area contributed by atoms with Crippen molar-refractivity contribution < 1.29 is 4.74 Å². The zero-order chi connectivity index (χ0) is 10.5. The number of thioether (sulfide) groups is 1. The number of nitrogens with two attached hydrogens (primary N) is 1. The predicted molar refractivity (Wildman–Crippen MR) is 65.2 cm³/mol. The second kappa shape index (κ2) is 5.42. The van der Waals surface area contributed by atoms with Crippen LogP contribution in [0.4, 0.5) is 5.69 Å². The Labute approximate surface area is 95.2 Å². The van der Waals surface area contributed by atoms with Crippen molar-refractivity contribution in [3.05, 3.63) is 24.3 Å². The molecule has 82 valence electrons. The van der Waals surface area contributed by atoms with Crippen LogP contribution in [0.3, 0.4) is 0 Å². The van der Waals surface area contributed by atoms with E-state index in [1.165, 1.54) is 17.7 Å². The Morgan fingerprint density at radius 2 is 2.27 bits per heavy atom. The largest absolute Gasteiger partial charge is 0.398 e. The van der Waals surface area contributed by atoms with Gasteiger partial charge in [-0.25, -0.2) is 0 Å². The van der Waals surface area contributed by atoms with Gasteiger partial charge in [0, 0.05) is 22.9 Å². The van der Waals surface area contributed by atoms with Crippen molar-refractivity contribution in [1.82, 2.24) is 0 Å². The Kier molecular flexibility index (Phi) is 3.92. The van der Waals surface area contributed by atoms with E-state index in [2.05, 4.69) is 6.07 Å². The van der Waals surface area contributed by atoms with Crippen molar-refractivity contribution in [3.8, 4) is 0 Å². The molecule has 1 aromatic carbocycles. The molecule has 0 aromatic heterocycles. The van der Waals surface area contributed by atoms with E-state index in [1.54, 1.807) is 0 Å². The van der Waals surface area contributed by atoms with E-state index < -0.39 is 0 Å². The number of rotatable bonds is 4. The standard InChI is InChI=1S/C12H17NOS/c13-11-5-1-2-6-12(11)15-9-7-10-4-3-8-14-10/h1-2,5-6,10H,3-4,7-9,13H2. The molecule has 0 spiro atoms. The average Bonchev–Trinajstić information content (AvgIpc) is 2.74. The van der Waals surface area contributed by atoms with Crippen LogP contribution in [0.25, 0.3) is 0 Å². The van der Waals surface area contributed by atoms with Gasteiger partial charge in [0.1, 0.15) is 0 Å². The Morgan fingerprint density at radius 1 is 1.40 bits per heavy atom. The van der Waals surface area contributed by atoms with Crippen molar-refractivity contribution in [2.24, 2.45) is 0 Å². The monoisotopic (exact) mass is 223 g/mol. The van der Waals surface area contributed by atoms with Gasteiger partial charge in [0.05, 0.1) is 6.10 Å². The van der Waals surface area contributed by atoms with E-state index in [-0.39, 0.29) is 0 Å². The predicted octanol–water partition coefficient (Wildman–Crippen LogP) is 2.93.